The van der Waals surface area contributed by atoms with Gasteiger partial charge in [0.25, 0.3) is 0 Å². The van der Waals surface area contributed by atoms with E-state index in [1.54, 1.807) is 0 Å². The summed E-state index contributed by atoms with van der Waals surface area (Å²) in [5.41, 5.74) is 1.39. The third kappa shape index (κ3) is 3.22. The van der Waals surface area contributed by atoms with E-state index in [2.05, 4.69) is 19.1 Å². The number of unbranched alkanes of at least 4 members (excludes halogenated alkanes) is 2. The van der Waals surface area contributed by atoms with E-state index in [0.29, 0.717) is 0 Å². The predicted molar refractivity (Wildman–Crippen MR) is 55.5 cm³/mol. The molecule has 1 heteroatoms. The molecule has 0 heterocycles. The fraction of sp³-hybridized carbons (Fsp3) is 0.455. The second-order valence-electron chi connectivity index (χ2n) is 3.10. The average Bonchev–Trinajstić information content (AvgIpc) is 2.05. The summed E-state index contributed by atoms with van der Waals surface area (Å²) in [6.07, 6.45) is 5.07. The zero-order valence-corrected chi connectivity index (χ0v) is 8.36. The van der Waals surface area contributed by atoms with Crippen molar-refractivity contribution in [3.8, 4) is 0 Å². The van der Waals surface area contributed by atoms with Gasteiger partial charge in [0.1, 0.15) is 0 Å². The topological polar surface area (TPSA) is 0 Å². The van der Waals surface area contributed by atoms with Crippen molar-refractivity contribution in [2.24, 2.45) is 0 Å². The van der Waals surface area contributed by atoms with Crippen LogP contribution in [0.3, 0.4) is 0 Å². The fourth-order valence-corrected chi connectivity index (χ4v) is 1.51. The van der Waals surface area contributed by atoms with Gasteiger partial charge in [-0.25, -0.2) is 0 Å². The van der Waals surface area contributed by atoms with E-state index in [9.17, 15) is 0 Å². The molecule has 12 heavy (non-hydrogen) atoms. The van der Waals surface area contributed by atoms with E-state index < -0.39 is 0 Å². The Morgan fingerprint density at radius 1 is 1.25 bits per heavy atom. The first-order chi connectivity index (χ1) is 5.83. The maximum Gasteiger partial charge on any atom is 0.0379 e. The first-order valence-corrected chi connectivity index (χ1v) is 4.99. The number of aryl methyl sites for hydroxylation is 1. The Bertz CT molecular complexity index is 230. The van der Waals surface area contributed by atoms with Gasteiger partial charge in [-0.1, -0.05) is 44.5 Å². The summed E-state index contributed by atoms with van der Waals surface area (Å²) in [5, 5.41) is 0. The summed E-state index contributed by atoms with van der Waals surface area (Å²) < 4.78 is 0. The summed E-state index contributed by atoms with van der Waals surface area (Å²) >= 11 is 5.08. The van der Waals surface area contributed by atoms with Crippen molar-refractivity contribution < 1.29 is 0 Å². The molecule has 0 aliphatic carbocycles. The summed E-state index contributed by atoms with van der Waals surface area (Å²) in [7, 11) is 0. The van der Waals surface area contributed by atoms with Crippen LogP contribution < -0.4 is 0 Å². The SMILES string of the molecule is CCCCCc1cccc([S])c1. The summed E-state index contributed by atoms with van der Waals surface area (Å²) in [6.45, 7) is 2.23. The van der Waals surface area contributed by atoms with E-state index in [4.69, 9.17) is 12.6 Å². The van der Waals surface area contributed by atoms with Crippen molar-refractivity contribution in [3.63, 3.8) is 0 Å². The largest absolute Gasteiger partial charge is 0.0801 e. The highest BCUT2D eigenvalue weighted by atomic mass is 32.1. The van der Waals surface area contributed by atoms with Gasteiger partial charge >= 0.3 is 0 Å². The van der Waals surface area contributed by atoms with Crippen LogP contribution in [0, 0.1) is 0 Å². The number of benzene rings is 1. The molecule has 1 radical (unpaired) electrons. The van der Waals surface area contributed by atoms with Gasteiger partial charge in [-0.2, -0.15) is 0 Å². The van der Waals surface area contributed by atoms with Gasteiger partial charge in [0.15, 0.2) is 0 Å². The molecular weight excluding hydrogens is 164 g/mol. The Kier molecular flexibility index (Phi) is 4.09. The van der Waals surface area contributed by atoms with E-state index >= 15 is 0 Å². The molecule has 0 saturated heterocycles. The van der Waals surface area contributed by atoms with Crippen molar-refractivity contribution in [2.75, 3.05) is 0 Å². The van der Waals surface area contributed by atoms with Crippen molar-refractivity contribution in [1.82, 2.24) is 0 Å². The smallest absolute Gasteiger partial charge is 0.0379 e. The third-order valence-corrected chi connectivity index (χ3v) is 2.22. The van der Waals surface area contributed by atoms with Gasteiger partial charge in [-0.3, -0.25) is 0 Å². The van der Waals surface area contributed by atoms with Crippen LogP contribution in [0.4, 0.5) is 0 Å². The predicted octanol–water partition coefficient (Wildman–Crippen LogP) is 3.98. The molecule has 0 nitrogen and oxygen atoms in total. The van der Waals surface area contributed by atoms with Crippen LogP contribution in [0.1, 0.15) is 31.7 Å². The van der Waals surface area contributed by atoms with Gasteiger partial charge in [-0.05, 0) is 30.5 Å². The van der Waals surface area contributed by atoms with Gasteiger partial charge in [0.2, 0.25) is 0 Å². The number of hydrogen-bond donors (Lipinski definition) is 0. The molecule has 1 rings (SSSR count). The van der Waals surface area contributed by atoms with Crippen molar-refractivity contribution in [1.29, 1.82) is 0 Å². The average molecular weight is 179 g/mol. The lowest BCUT2D eigenvalue weighted by Gasteiger charge is -2.00. The monoisotopic (exact) mass is 179 g/mol. The minimum atomic E-state index is 0.962. The Balaban J connectivity index is 2.41. The molecule has 1 aromatic rings. The Labute approximate surface area is 80.4 Å². The molecule has 0 fully saturated rings. The minimum absolute atomic E-state index is 0.962. The van der Waals surface area contributed by atoms with Crippen LogP contribution in [0.5, 0.6) is 0 Å². The Morgan fingerprint density at radius 2 is 2.08 bits per heavy atom. The Morgan fingerprint density at radius 3 is 2.75 bits per heavy atom. The molecule has 0 aromatic heterocycles. The molecule has 0 unspecified atom stereocenters. The second kappa shape index (κ2) is 5.15. The van der Waals surface area contributed by atoms with Crippen molar-refractivity contribution in [2.45, 2.75) is 37.5 Å². The normalized spacial score (nSPS) is 10.1. The third-order valence-electron chi connectivity index (χ3n) is 1.97. The molecule has 1 aromatic carbocycles. The van der Waals surface area contributed by atoms with E-state index in [1.165, 1.54) is 31.2 Å². The molecular formula is C11H15S. The lowest BCUT2D eigenvalue weighted by Crippen LogP contribution is -1.84. The molecule has 0 saturated carbocycles. The lowest BCUT2D eigenvalue weighted by atomic mass is 10.1. The standard InChI is InChI=1S/C11H15S/c1-2-3-4-6-10-7-5-8-11(12)9-10/h5,7-9H,2-4,6H2,1H3. The highest BCUT2D eigenvalue weighted by Gasteiger charge is 1.93. The maximum atomic E-state index is 5.08. The fourth-order valence-electron chi connectivity index (χ4n) is 1.28. The molecule has 65 valence electrons. The van der Waals surface area contributed by atoms with Crippen LogP contribution in [0.25, 0.3) is 0 Å². The minimum Gasteiger partial charge on any atom is -0.0801 e. The maximum absolute atomic E-state index is 5.08. The molecule has 0 atom stereocenters. The van der Waals surface area contributed by atoms with E-state index in [0.717, 1.165) is 4.90 Å². The van der Waals surface area contributed by atoms with Crippen LogP contribution >= 0.6 is 12.6 Å². The van der Waals surface area contributed by atoms with Crippen molar-refractivity contribution >= 4 is 12.6 Å². The molecule has 0 aliphatic heterocycles. The summed E-state index contributed by atoms with van der Waals surface area (Å²) in [6, 6.07) is 8.28. The van der Waals surface area contributed by atoms with Gasteiger partial charge in [0, 0.05) is 4.90 Å². The van der Waals surface area contributed by atoms with E-state index in [1.807, 2.05) is 12.1 Å². The van der Waals surface area contributed by atoms with Crippen LogP contribution in [0.15, 0.2) is 29.2 Å². The van der Waals surface area contributed by atoms with Gasteiger partial charge in [-0.15, -0.1) is 0 Å². The lowest BCUT2D eigenvalue weighted by molar-refractivity contribution is 0.717. The second-order valence-corrected chi connectivity index (χ2v) is 3.58. The van der Waals surface area contributed by atoms with E-state index in [-0.39, 0.29) is 0 Å². The molecule has 0 bridgehead atoms. The molecule has 0 aliphatic rings. The zero-order chi connectivity index (χ0) is 8.81. The molecule has 0 N–H and O–H groups in total. The van der Waals surface area contributed by atoms with Crippen LogP contribution in [-0.4, -0.2) is 0 Å². The summed E-state index contributed by atoms with van der Waals surface area (Å²) in [5.74, 6) is 0. The zero-order valence-electron chi connectivity index (χ0n) is 7.55. The van der Waals surface area contributed by atoms with Crippen molar-refractivity contribution in [3.05, 3.63) is 29.8 Å². The number of hydrogen-bond acceptors (Lipinski definition) is 0. The highest BCUT2D eigenvalue weighted by Crippen LogP contribution is 2.11. The first-order valence-electron chi connectivity index (χ1n) is 4.59. The van der Waals surface area contributed by atoms with Gasteiger partial charge < -0.3 is 0 Å². The number of rotatable bonds is 4. The summed E-state index contributed by atoms with van der Waals surface area (Å²) in [4.78, 5) is 0.962. The quantitative estimate of drug-likeness (QED) is 0.613. The molecule has 0 amide bonds. The van der Waals surface area contributed by atoms with Crippen LogP contribution in [0.2, 0.25) is 0 Å². The van der Waals surface area contributed by atoms with Crippen LogP contribution in [-0.2, 0) is 6.42 Å². The highest BCUT2D eigenvalue weighted by molar-refractivity contribution is 7.80. The molecule has 0 spiro atoms. The first kappa shape index (κ1) is 9.53. The van der Waals surface area contributed by atoms with Gasteiger partial charge in [0.05, 0.1) is 0 Å². The Hall–Kier alpha value is -0.560.